The third-order valence-electron chi connectivity index (χ3n) is 5.22. The molecule has 0 spiro atoms. The Balaban J connectivity index is 1.61. The van der Waals surface area contributed by atoms with Gasteiger partial charge in [-0.3, -0.25) is 0 Å². The maximum absolute atomic E-state index is 13.6. The molecule has 34 heavy (non-hydrogen) atoms. The molecule has 3 aromatic rings. The Hall–Kier alpha value is -2.71. The van der Waals surface area contributed by atoms with Crippen LogP contribution in [0.15, 0.2) is 47.5 Å². The highest BCUT2D eigenvalue weighted by atomic mass is 32.2. The average molecular weight is 501 g/mol. The lowest BCUT2D eigenvalue weighted by molar-refractivity contribution is -0.178. The largest absolute Gasteiger partial charge is 0.463 e. The Morgan fingerprint density at radius 2 is 1.82 bits per heavy atom. The first-order valence-electron chi connectivity index (χ1n) is 9.97. The summed E-state index contributed by atoms with van der Waals surface area (Å²) >= 11 is 1.04. The number of rotatable bonds is 7. The van der Waals surface area contributed by atoms with E-state index < -0.39 is 60.7 Å². The molecule has 5 atom stereocenters. The van der Waals surface area contributed by atoms with E-state index in [1.54, 1.807) is 18.2 Å². The van der Waals surface area contributed by atoms with Crippen LogP contribution in [0.25, 0.3) is 11.3 Å². The minimum Gasteiger partial charge on any atom is -0.463 e. The second-order valence-corrected chi connectivity index (χ2v) is 8.55. The van der Waals surface area contributed by atoms with Gasteiger partial charge < -0.3 is 24.8 Å². The van der Waals surface area contributed by atoms with Gasteiger partial charge in [-0.15, -0.1) is 5.10 Å². The van der Waals surface area contributed by atoms with Crippen molar-refractivity contribution in [2.24, 2.45) is 0 Å². The number of alkyl halides is 1. The first-order valence-corrected chi connectivity index (χ1v) is 10.8. The molecule has 1 aromatic heterocycles. The molecule has 4 rings (SSSR count). The fraction of sp³-hybridized carbons (Fsp3) is 0.333. The number of nitrogens with zero attached hydrogens (tertiary/aromatic N) is 3. The van der Waals surface area contributed by atoms with Gasteiger partial charge in [0.1, 0.15) is 41.2 Å². The van der Waals surface area contributed by atoms with Crippen molar-refractivity contribution in [3.05, 3.63) is 60.0 Å². The first-order chi connectivity index (χ1) is 16.3. The molecule has 3 N–H and O–H groups in total. The fourth-order valence-electron chi connectivity index (χ4n) is 3.57. The van der Waals surface area contributed by atoms with Crippen molar-refractivity contribution in [2.75, 3.05) is 13.5 Å². The van der Waals surface area contributed by atoms with Crippen molar-refractivity contribution >= 4 is 11.8 Å². The number of thioether (sulfide) groups is 1. The molecule has 2 aromatic carbocycles. The lowest BCUT2D eigenvalue weighted by Gasteiger charge is -2.41. The molecule has 1 saturated heterocycles. The molecule has 13 heteroatoms. The van der Waals surface area contributed by atoms with E-state index in [1.807, 2.05) is 0 Å². The van der Waals surface area contributed by atoms with Crippen LogP contribution in [0.5, 0.6) is 5.75 Å². The van der Waals surface area contributed by atoms with Gasteiger partial charge in [0.25, 0.3) is 0 Å². The average Bonchev–Trinajstić information content (AvgIpc) is 3.29. The van der Waals surface area contributed by atoms with Crippen molar-refractivity contribution in [1.29, 1.82) is 0 Å². The zero-order valence-electron chi connectivity index (χ0n) is 17.3. The first kappa shape index (κ1) is 24.4. The Morgan fingerprint density at radius 1 is 1.09 bits per heavy atom. The highest BCUT2D eigenvalue weighted by molar-refractivity contribution is 7.99. The van der Waals surface area contributed by atoms with Gasteiger partial charge in [0.2, 0.25) is 6.86 Å². The van der Waals surface area contributed by atoms with Crippen molar-refractivity contribution in [1.82, 2.24) is 15.0 Å². The molecule has 8 nitrogen and oxygen atoms in total. The summed E-state index contributed by atoms with van der Waals surface area (Å²) in [6, 6.07) is 6.68. The van der Waals surface area contributed by atoms with Gasteiger partial charge in [-0.2, -0.15) is 0 Å². The van der Waals surface area contributed by atoms with E-state index in [-0.39, 0.29) is 17.0 Å². The predicted molar refractivity (Wildman–Crippen MR) is 111 cm³/mol. The molecule has 182 valence electrons. The number of hydrogen-bond acceptors (Lipinski definition) is 8. The minimum absolute atomic E-state index is 0.0375. The Labute approximate surface area is 194 Å². The lowest BCUT2D eigenvalue weighted by atomic mass is 9.97. The van der Waals surface area contributed by atoms with Crippen molar-refractivity contribution < 1.29 is 42.4 Å². The number of ether oxygens (including phenoxy) is 2. The zero-order valence-corrected chi connectivity index (χ0v) is 18.1. The number of aliphatic hydroxyl groups is 3. The van der Waals surface area contributed by atoms with Crippen LogP contribution in [0.2, 0.25) is 0 Å². The molecular weight excluding hydrogens is 482 g/mol. The van der Waals surface area contributed by atoms with Crippen molar-refractivity contribution in [2.45, 2.75) is 34.7 Å². The molecule has 2 unspecified atom stereocenters. The summed E-state index contributed by atoms with van der Waals surface area (Å²) in [6.07, 6.45) is -2.69. The summed E-state index contributed by atoms with van der Waals surface area (Å²) in [5.41, 5.74) is -1.14. The molecule has 1 fully saturated rings. The molecule has 0 saturated carbocycles. The van der Waals surface area contributed by atoms with Crippen molar-refractivity contribution in [3.8, 4) is 17.0 Å². The van der Waals surface area contributed by atoms with Crippen LogP contribution in [0.3, 0.4) is 0 Å². The minimum atomic E-state index is -1.63. The second-order valence-electron chi connectivity index (χ2n) is 7.38. The normalized spacial score (nSPS) is 24.9. The summed E-state index contributed by atoms with van der Waals surface area (Å²) in [7, 11) is 0. The number of hydrogen-bond donors (Lipinski definition) is 3. The van der Waals surface area contributed by atoms with E-state index in [0.29, 0.717) is 4.90 Å². The number of aliphatic hydroxyl groups excluding tert-OH is 3. The molecule has 0 aliphatic carbocycles. The van der Waals surface area contributed by atoms with Crippen LogP contribution >= 0.6 is 11.8 Å². The van der Waals surface area contributed by atoms with Gasteiger partial charge in [0.15, 0.2) is 17.5 Å². The summed E-state index contributed by atoms with van der Waals surface area (Å²) < 4.78 is 64.5. The quantitative estimate of drug-likeness (QED) is 0.335. The summed E-state index contributed by atoms with van der Waals surface area (Å²) in [4.78, 5) is 0.554. The fourth-order valence-corrected chi connectivity index (χ4v) is 4.68. The van der Waals surface area contributed by atoms with E-state index in [0.717, 1.165) is 28.6 Å². The van der Waals surface area contributed by atoms with E-state index in [2.05, 4.69) is 10.3 Å². The molecular formula is C21H19F4N3O5S. The van der Waals surface area contributed by atoms with E-state index >= 15 is 0 Å². The van der Waals surface area contributed by atoms with E-state index in [4.69, 9.17) is 9.47 Å². The maximum atomic E-state index is 13.6. The third-order valence-corrected chi connectivity index (χ3v) is 6.37. The van der Waals surface area contributed by atoms with Gasteiger partial charge >= 0.3 is 0 Å². The second kappa shape index (κ2) is 10.3. The van der Waals surface area contributed by atoms with Crippen molar-refractivity contribution in [3.63, 3.8) is 0 Å². The molecule has 1 aliphatic heterocycles. The van der Waals surface area contributed by atoms with Gasteiger partial charge in [-0.1, -0.05) is 23.0 Å². The molecule has 1 aliphatic rings. The van der Waals surface area contributed by atoms with Gasteiger partial charge in [0, 0.05) is 10.5 Å². The highest BCUT2D eigenvalue weighted by Gasteiger charge is 2.46. The standard InChI is InChI=1S/C21H19F4N3O5S/c22-9-32-11-2-1-3-12(6-11)34-21-20(31)18(19(30)16(8-29)33-21)28-7-15(26-27-28)10-4-13(23)17(25)14(24)5-10/h1-7,16,18-21,29-31H,8-9H2/t16?,18-,19-,20?,21+/m0/s1. The number of halogens is 4. The zero-order chi connectivity index (χ0) is 24.4. The van der Waals surface area contributed by atoms with Crippen LogP contribution in [0, 0.1) is 17.5 Å². The van der Waals surface area contributed by atoms with Crippen LogP contribution in [0.1, 0.15) is 6.04 Å². The van der Waals surface area contributed by atoms with Crippen LogP contribution in [-0.2, 0) is 4.74 Å². The number of benzene rings is 2. The van der Waals surface area contributed by atoms with Crippen LogP contribution < -0.4 is 4.74 Å². The number of aromatic nitrogens is 3. The Morgan fingerprint density at radius 3 is 2.50 bits per heavy atom. The van der Waals surface area contributed by atoms with E-state index in [9.17, 15) is 32.9 Å². The third kappa shape index (κ3) is 4.88. The van der Waals surface area contributed by atoms with Crippen LogP contribution in [-0.4, -0.2) is 67.5 Å². The smallest absolute Gasteiger partial charge is 0.228 e. The molecule has 0 radical (unpaired) electrons. The summed E-state index contributed by atoms with van der Waals surface area (Å²) in [6.45, 7) is -1.60. The van der Waals surface area contributed by atoms with Gasteiger partial charge in [0.05, 0.1) is 12.8 Å². The van der Waals surface area contributed by atoms with Gasteiger partial charge in [-0.25, -0.2) is 22.2 Å². The molecule has 2 heterocycles. The molecule has 0 bridgehead atoms. The lowest BCUT2D eigenvalue weighted by Crippen LogP contribution is -2.55. The Kier molecular flexibility index (Phi) is 7.38. The maximum Gasteiger partial charge on any atom is 0.228 e. The molecule has 0 amide bonds. The van der Waals surface area contributed by atoms with Crippen LogP contribution in [0.4, 0.5) is 17.6 Å². The monoisotopic (exact) mass is 501 g/mol. The predicted octanol–water partition coefficient (Wildman–Crippen LogP) is 2.44. The highest BCUT2D eigenvalue weighted by Crippen LogP contribution is 2.39. The topological polar surface area (TPSA) is 110 Å². The van der Waals surface area contributed by atoms with Gasteiger partial charge in [-0.05, 0) is 30.3 Å². The summed E-state index contributed by atoms with van der Waals surface area (Å²) in [5, 5.41) is 39.0. The van der Waals surface area contributed by atoms with E-state index in [1.165, 1.54) is 12.3 Å². The Bertz CT molecular complexity index is 1130. The summed E-state index contributed by atoms with van der Waals surface area (Å²) in [5.74, 6) is -4.19. The SMILES string of the molecule is OCC1O[C@H](Sc2cccc(OCF)c2)C(O)[C@@H](n2cc(-c3cc(F)c(F)c(F)c3)nn2)[C@H]1O.